The number of halogens is 2. The zero-order valence-corrected chi connectivity index (χ0v) is 14.3. The van der Waals surface area contributed by atoms with Crippen LogP contribution in [0.5, 0.6) is 0 Å². The van der Waals surface area contributed by atoms with E-state index < -0.39 is 21.9 Å². The van der Waals surface area contributed by atoms with Crippen LogP contribution in [-0.2, 0) is 14.8 Å². The van der Waals surface area contributed by atoms with Gasteiger partial charge in [0.25, 0.3) is 0 Å². The van der Waals surface area contributed by atoms with Crippen LogP contribution in [0.2, 0.25) is 5.02 Å². The first-order valence-electron chi connectivity index (χ1n) is 6.11. The highest BCUT2D eigenvalue weighted by molar-refractivity contribution is 9.10. The molecule has 3 N–H and O–H groups in total. The second-order valence-corrected chi connectivity index (χ2v) is 7.91. The summed E-state index contributed by atoms with van der Waals surface area (Å²) in [5.41, 5.74) is 0.0449. The van der Waals surface area contributed by atoms with Gasteiger partial charge >= 0.3 is 5.97 Å². The molecule has 1 amide bonds. The third kappa shape index (κ3) is 3.78. The van der Waals surface area contributed by atoms with Crippen LogP contribution in [-0.4, -0.2) is 37.7 Å². The van der Waals surface area contributed by atoms with Gasteiger partial charge in [-0.15, -0.1) is 0 Å². The summed E-state index contributed by atoms with van der Waals surface area (Å²) in [4.78, 5) is 24.7. The molecule has 22 heavy (non-hydrogen) atoms. The second kappa shape index (κ2) is 6.15. The number of amides is 1. The van der Waals surface area contributed by atoms with Crippen molar-refractivity contribution >= 4 is 55.1 Å². The third-order valence-corrected chi connectivity index (χ3v) is 5.37. The summed E-state index contributed by atoms with van der Waals surface area (Å²) in [5, 5.41) is 14.5. The summed E-state index contributed by atoms with van der Waals surface area (Å²) in [6, 6.07) is 2.67. The Bertz CT molecular complexity index is 752. The first-order valence-corrected chi connectivity index (χ1v) is 9.00. The maximum absolute atomic E-state index is 12.1. The van der Waals surface area contributed by atoms with Crippen LogP contribution in [0.1, 0.15) is 16.8 Å². The molecule has 2 rings (SSSR count). The van der Waals surface area contributed by atoms with Crippen molar-refractivity contribution in [2.24, 2.45) is 11.1 Å². The number of carbonyl (C=O) groups is 2. The quantitative estimate of drug-likeness (QED) is 0.777. The Hall–Kier alpha value is -1.16. The van der Waals surface area contributed by atoms with Crippen LogP contribution >= 0.6 is 27.5 Å². The van der Waals surface area contributed by atoms with Gasteiger partial charge in [0.05, 0.1) is 22.0 Å². The van der Waals surface area contributed by atoms with Crippen LogP contribution in [0, 0.1) is 5.92 Å². The summed E-state index contributed by atoms with van der Waals surface area (Å²) >= 11 is 9.10. The Morgan fingerprint density at radius 1 is 1.50 bits per heavy atom. The number of carbonyl (C=O) groups excluding carboxylic acids is 1. The highest BCUT2D eigenvalue weighted by Crippen LogP contribution is 2.35. The first kappa shape index (κ1) is 17.2. The van der Waals surface area contributed by atoms with Crippen molar-refractivity contribution in [2.75, 3.05) is 17.2 Å². The zero-order valence-electron chi connectivity index (χ0n) is 11.1. The average molecular weight is 412 g/mol. The van der Waals surface area contributed by atoms with E-state index in [1.54, 1.807) is 0 Å². The molecule has 1 fully saturated rings. The van der Waals surface area contributed by atoms with Crippen LogP contribution in [0.25, 0.3) is 0 Å². The van der Waals surface area contributed by atoms with E-state index >= 15 is 0 Å². The number of carboxylic acids is 1. The van der Waals surface area contributed by atoms with E-state index in [1.807, 2.05) is 0 Å². The molecule has 1 aromatic rings. The number of anilines is 1. The van der Waals surface area contributed by atoms with E-state index in [1.165, 1.54) is 17.0 Å². The molecule has 0 aromatic heterocycles. The number of nitrogens with zero attached hydrogens (tertiary/aromatic N) is 1. The Morgan fingerprint density at radius 2 is 2.14 bits per heavy atom. The summed E-state index contributed by atoms with van der Waals surface area (Å²) in [5.74, 6) is -2.39. The van der Waals surface area contributed by atoms with Crippen molar-refractivity contribution in [1.29, 1.82) is 0 Å². The molecule has 1 aliphatic rings. The van der Waals surface area contributed by atoms with Gasteiger partial charge in [0.15, 0.2) is 0 Å². The predicted octanol–water partition coefficient (Wildman–Crippen LogP) is 1.44. The fourth-order valence-electron chi connectivity index (χ4n) is 2.39. The van der Waals surface area contributed by atoms with Crippen molar-refractivity contribution in [3.8, 4) is 0 Å². The monoisotopic (exact) mass is 410 g/mol. The van der Waals surface area contributed by atoms with E-state index in [0.29, 0.717) is 4.47 Å². The van der Waals surface area contributed by atoms with Crippen molar-refractivity contribution in [2.45, 2.75) is 6.42 Å². The number of carboxylic acid groups (broad SMARTS) is 1. The number of hydrogen-bond donors (Lipinski definition) is 2. The highest BCUT2D eigenvalue weighted by Gasteiger charge is 2.35. The largest absolute Gasteiger partial charge is 0.478 e. The minimum Gasteiger partial charge on any atom is -0.478 e. The number of primary sulfonamides is 1. The molecular weight excluding hydrogens is 400 g/mol. The normalized spacial score (nSPS) is 18.8. The first-order chi connectivity index (χ1) is 10.1. The molecular formula is C12H12BrClN2O5S. The molecule has 0 bridgehead atoms. The second-order valence-electron chi connectivity index (χ2n) is 4.99. The van der Waals surface area contributed by atoms with E-state index in [-0.39, 0.29) is 40.9 Å². The predicted molar refractivity (Wildman–Crippen MR) is 84.5 cm³/mol. The summed E-state index contributed by atoms with van der Waals surface area (Å²) in [6.07, 6.45) is -0.0107. The maximum Gasteiger partial charge on any atom is 0.337 e. The molecule has 1 heterocycles. The van der Waals surface area contributed by atoms with Gasteiger partial charge in [0.2, 0.25) is 15.9 Å². The Balaban J connectivity index is 2.38. The molecule has 1 aromatic carbocycles. The number of aromatic carboxylic acids is 1. The SMILES string of the molecule is NS(=O)(=O)CC1CC(=O)N(c2cc(Cl)c(Br)cc2C(=O)O)C1. The molecule has 7 nitrogen and oxygen atoms in total. The van der Waals surface area contributed by atoms with Gasteiger partial charge in [-0.05, 0) is 28.1 Å². The Kier molecular flexibility index (Phi) is 4.81. The highest BCUT2D eigenvalue weighted by atomic mass is 79.9. The van der Waals surface area contributed by atoms with Crippen molar-refractivity contribution in [3.05, 3.63) is 27.2 Å². The molecule has 1 saturated heterocycles. The average Bonchev–Trinajstić information content (AvgIpc) is 2.70. The van der Waals surface area contributed by atoms with E-state index in [9.17, 15) is 23.1 Å². The smallest absolute Gasteiger partial charge is 0.337 e. The Morgan fingerprint density at radius 3 is 2.68 bits per heavy atom. The molecule has 0 saturated carbocycles. The lowest BCUT2D eigenvalue weighted by molar-refractivity contribution is -0.117. The topological polar surface area (TPSA) is 118 Å². The number of rotatable bonds is 4. The summed E-state index contributed by atoms with van der Waals surface area (Å²) in [6.45, 7) is 0.0769. The van der Waals surface area contributed by atoms with Crippen LogP contribution in [0.3, 0.4) is 0 Å². The van der Waals surface area contributed by atoms with Crippen LogP contribution < -0.4 is 10.0 Å². The van der Waals surface area contributed by atoms with Gasteiger partial charge in [-0.2, -0.15) is 0 Å². The standard InChI is InChI=1S/C12H12BrClN2O5S/c13-8-2-7(12(18)19)10(3-9(8)14)16-4-6(1-11(16)17)5-22(15,20)21/h2-3,6H,1,4-5H2,(H,18,19)(H2,15,20,21). The zero-order chi connectivity index (χ0) is 16.7. The van der Waals surface area contributed by atoms with Crippen molar-refractivity contribution in [1.82, 2.24) is 0 Å². The number of nitrogens with two attached hydrogens (primary N) is 1. The fourth-order valence-corrected chi connectivity index (χ4v) is 3.77. The molecule has 0 spiro atoms. The lowest BCUT2D eigenvalue weighted by Crippen LogP contribution is -2.28. The van der Waals surface area contributed by atoms with Crippen LogP contribution in [0.15, 0.2) is 16.6 Å². The third-order valence-electron chi connectivity index (χ3n) is 3.23. The lowest BCUT2D eigenvalue weighted by atomic mass is 10.1. The Labute approximate surface area is 140 Å². The fraction of sp³-hybridized carbons (Fsp3) is 0.333. The molecule has 10 heteroatoms. The molecule has 0 radical (unpaired) electrons. The van der Waals surface area contributed by atoms with Crippen molar-refractivity contribution < 1.29 is 23.1 Å². The van der Waals surface area contributed by atoms with Crippen LogP contribution in [0.4, 0.5) is 5.69 Å². The molecule has 1 unspecified atom stereocenters. The molecule has 0 aliphatic carbocycles. The van der Waals surface area contributed by atoms with E-state index in [4.69, 9.17) is 16.7 Å². The van der Waals surface area contributed by atoms with Gasteiger partial charge in [-0.1, -0.05) is 11.6 Å². The molecule has 1 atom stereocenters. The van der Waals surface area contributed by atoms with Crippen molar-refractivity contribution in [3.63, 3.8) is 0 Å². The molecule has 1 aliphatic heterocycles. The van der Waals surface area contributed by atoms with Gasteiger partial charge < -0.3 is 10.0 Å². The summed E-state index contributed by atoms with van der Waals surface area (Å²) in [7, 11) is -3.71. The lowest BCUT2D eigenvalue weighted by Gasteiger charge is -2.19. The number of benzene rings is 1. The maximum atomic E-state index is 12.1. The minimum atomic E-state index is -3.71. The minimum absolute atomic E-state index is 0.0107. The van der Waals surface area contributed by atoms with E-state index in [2.05, 4.69) is 15.9 Å². The van der Waals surface area contributed by atoms with Gasteiger partial charge in [0.1, 0.15) is 0 Å². The van der Waals surface area contributed by atoms with Gasteiger partial charge in [-0.25, -0.2) is 18.4 Å². The summed E-state index contributed by atoms with van der Waals surface area (Å²) < 4.78 is 22.7. The number of hydrogen-bond acceptors (Lipinski definition) is 4. The van der Waals surface area contributed by atoms with Gasteiger partial charge in [-0.3, -0.25) is 4.79 Å². The van der Waals surface area contributed by atoms with Gasteiger partial charge in [0, 0.05) is 23.4 Å². The van der Waals surface area contributed by atoms with E-state index in [0.717, 1.165) is 0 Å². The molecule has 120 valence electrons. The number of sulfonamides is 1.